The fourth-order valence-corrected chi connectivity index (χ4v) is 3.48. The Hall–Kier alpha value is -1.40. The summed E-state index contributed by atoms with van der Waals surface area (Å²) in [7, 11) is 1.96. The molecule has 6 heteroatoms. The van der Waals surface area contributed by atoms with Crippen LogP contribution in [0.2, 0.25) is 0 Å². The Labute approximate surface area is 132 Å². The molecule has 22 heavy (non-hydrogen) atoms. The minimum absolute atomic E-state index is 0.0204. The van der Waals surface area contributed by atoms with Crippen molar-refractivity contribution < 1.29 is 9.53 Å². The van der Waals surface area contributed by atoms with Crippen molar-refractivity contribution in [1.29, 1.82) is 0 Å². The highest BCUT2D eigenvalue weighted by Crippen LogP contribution is 2.28. The van der Waals surface area contributed by atoms with Crippen molar-refractivity contribution in [2.24, 2.45) is 7.05 Å². The lowest BCUT2D eigenvalue weighted by Gasteiger charge is -2.38. The van der Waals surface area contributed by atoms with Crippen LogP contribution in [0.1, 0.15) is 31.2 Å². The average Bonchev–Trinajstić information content (AvgIpc) is 3.01. The number of carbonyl (C=O) groups is 1. The molecule has 3 rings (SSSR count). The highest BCUT2D eigenvalue weighted by molar-refractivity contribution is 5.81. The van der Waals surface area contributed by atoms with E-state index in [0.29, 0.717) is 19.1 Å². The summed E-state index contributed by atoms with van der Waals surface area (Å²) < 4.78 is 7.19. The first-order chi connectivity index (χ1) is 10.6. The highest BCUT2D eigenvalue weighted by atomic mass is 16.5. The lowest BCUT2D eigenvalue weighted by atomic mass is 9.91. The number of rotatable bonds is 3. The van der Waals surface area contributed by atoms with Crippen molar-refractivity contribution >= 4 is 5.91 Å². The quantitative estimate of drug-likeness (QED) is 0.831. The smallest absolute Gasteiger partial charge is 0.239 e. The van der Waals surface area contributed by atoms with E-state index in [1.165, 1.54) is 5.56 Å². The van der Waals surface area contributed by atoms with E-state index < -0.39 is 0 Å². The van der Waals surface area contributed by atoms with Gasteiger partial charge in [-0.05, 0) is 44.3 Å². The zero-order valence-electron chi connectivity index (χ0n) is 13.6. The number of likely N-dealkylation sites (tertiary alicyclic amines) is 1. The van der Waals surface area contributed by atoms with E-state index in [-0.39, 0.29) is 11.9 Å². The number of hydrogen-bond acceptors (Lipinski definition) is 4. The summed E-state index contributed by atoms with van der Waals surface area (Å²) in [6, 6.07) is -0.0204. The van der Waals surface area contributed by atoms with Gasteiger partial charge in [-0.25, -0.2) is 0 Å². The number of ether oxygens (including phenoxy) is 1. The molecule has 0 unspecified atom stereocenters. The van der Waals surface area contributed by atoms with E-state index in [9.17, 15) is 4.79 Å². The molecule has 1 amide bonds. The van der Waals surface area contributed by atoms with Gasteiger partial charge in [-0.1, -0.05) is 0 Å². The van der Waals surface area contributed by atoms with E-state index in [2.05, 4.69) is 16.2 Å². The van der Waals surface area contributed by atoms with E-state index in [1.54, 1.807) is 0 Å². The number of carbonyl (C=O) groups excluding carboxylic acids is 1. The van der Waals surface area contributed by atoms with Crippen LogP contribution < -0.4 is 0 Å². The largest absolute Gasteiger partial charge is 0.378 e. The predicted octanol–water partition coefficient (Wildman–Crippen LogP) is 0.847. The Morgan fingerprint density at radius 1 is 1.27 bits per heavy atom. The van der Waals surface area contributed by atoms with Crippen LogP contribution in [0.4, 0.5) is 0 Å². The van der Waals surface area contributed by atoms with Gasteiger partial charge in [0.25, 0.3) is 0 Å². The fraction of sp³-hybridized carbons (Fsp3) is 0.750. The molecule has 0 bridgehead atoms. The van der Waals surface area contributed by atoms with E-state index in [1.807, 2.05) is 29.7 Å². The molecule has 1 aromatic rings. The summed E-state index contributed by atoms with van der Waals surface area (Å²) in [4.78, 5) is 16.8. The first kappa shape index (κ1) is 15.5. The van der Waals surface area contributed by atoms with Gasteiger partial charge in [0.15, 0.2) is 0 Å². The van der Waals surface area contributed by atoms with Gasteiger partial charge in [0.05, 0.1) is 25.5 Å². The summed E-state index contributed by atoms with van der Waals surface area (Å²) in [5.74, 6) is 0.832. The number of morpholine rings is 1. The predicted molar refractivity (Wildman–Crippen MR) is 83.6 cm³/mol. The van der Waals surface area contributed by atoms with Gasteiger partial charge in [-0.2, -0.15) is 5.10 Å². The van der Waals surface area contributed by atoms with Crippen LogP contribution in [0.15, 0.2) is 12.4 Å². The van der Waals surface area contributed by atoms with Crippen molar-refractivity contribution in [3.63, 3.8) is 0 Å². The third-order valence-electron chi connectivity index (χ3n) is 4.95. The molecule has 2 saturated heterocycles. The van der Waals surface area contributed by atoms with Gasteiger partial charge in [0.1, 0.15) is 0 Å². The number of amides is 1. The molecule has 122 valence electrons. The Bertz CT molecular complexity index is 502. The Morgan fingerprint density at radius 3 is 2.55 bits per heavy atom. The van der Waals surface area contributed by atoms with E-state index in [0.717, 1.165) is 39.0 Å². The van der Waals surface area contributed by atoms with E-state index >= 15 is 0 Å². The number of aromatic nitrogens is 2. The minimum atomic E-state index is -0.0204. The molecule has 2 aliphatic heterocycles. The minimum Gasteiger partial charge on any atom is -0.378 e. The summed E-state index contributed by atoms with van der Waals surface area (Å²) in [6.45, 7) is 6.81. The van der Waals surface area contributed by atoms with Gasteiger partial charge in [0, 0.05) is 26.3 Å². The standard InChI is InChI=1S/C16H26N4O2/c1-13(16(21)20-7-9-22-10-8-20)19-5-3-14(4-6-19)15-11-17-18(2)12-15/h11-14H,3-10H2,1-2H3/t13-/m1/s1. The number of aryl methyl sites for hydroxylation is 1. The second-order valence-corrected chi connectivity index (χ2v) is 6.37. The van der Waals surface area contributed by atoms with E-state index in [4.69, 9.17) is 4.74 Å². The van der Waals surface area contributed by atoms with Crippen LogP contribution in [0.5, 0.6) is 0 Å². The maximum absolute atomic E-state index is 12.6. The molecule has 0 aromatic carbocycles. The van der Waals surface area contributed by atoms with Gasteiger partial charge < -0.3 is 9.64 Å². The van der Waals surface area contributed by atoms with Crippen LogP contribution in [0.25, 0.3) is 0 Å². The molecule has 0 aliphatic carbocycles. The number of piperidine rings is 1. The zero-order valence-corrected chi connectivity index (χ0v) is 13.6. The third kappa shape index (κ3) is 3.33. The van der Waals surface area contributed by atoms with Gasteiger partial charge in [-0.3, -0.25) is 14.4 Å². The summed E-state index contributed by atoms with van der Waals surface area (Å²) >= 11 is 0. The maximum Gasteiger partial charge on any atom is 0.239 e. The lowest BCUT2D eigenvalue weighted by molar-refractivity contribution is -0.140. The molecular weight excluding hydrogens is 280 g/mol. The van der Waals surface area contributed by atoms with Gasteiger partial charge in [0.2, 0.25) is 5.91 Å². The second kappa shape index (κ2) is 6.79. The Morgan fingerprint density at radius 2 is 1.95 bits per heavy atom. The normalized spacial score (nSPS) is 22.7. The molecule has 0 radical (unpaired) electrons. The average molecular weight is 306 g/mol. The third-order valence-corrected chi connectivity index (χ3v) is 4.95. The summed E-state index contributed by atoms with van der Waals surface area (Å²) in [6.07, 6.45) is 6.30. The van der Waals surface area contributed by atoms with Crippen LogP contribution in [-0.4, -0.2) is 70.9 Å². The molecule has 6 nitrogen and oxygen atoms in total. The fourth-order valence-electron chi connectivity index (χ4n) is 3.48. The highest BCUT2D eigenvalue weighted by Gasteiger charge is 2.30. The summed E-state index contributed by atoms with van der Waals surface area (Å²) in [5, 5.41) is 4.27. The van der Waals surface area contributed by atoms with Crippen molar-refractivity contribution in [2.45, 2.75) is 31.7 Å². The van der Waals surface area contributed by atoms with Gasteiger partial charge in [-0.15, -0.1) is 0 Å². The first-order valence-electron chi connectivity index (χ1n) is 8.24. The molecule has 0 spiro atoms. The monoisotopic (exact) mass is 306 g/mol. The molecule has 2 fully saturated rings. The molecule has 2 aliphatic rings. The first-order valence-corrected chi connectivity index (χ1v) is 8.24. The zero-order chi connectivity index (χ0) is 15.5. The van der Waals surface area contributed by atoms with Gasteiger partial charge >= 0.3 is 0 Å². The van der Waals surface area contributed by atoms with Crippen molar-refractivity contribution in [3.05, 3.63) is 18.0 Å². The Balaban J connectivity index is 1.53. The second-order valence-electron chi connectivity index (χ2n) is 6.37. The van der Waals surface area contributed by atoms with Crippen LogP contribution in [0.3, 0.4) is 0 Å². The van der Waals surface area contributed by atoms with Crippen molar-refractivity contribution in [3.8, 4) is 0 Å². The molecule has 0 N–H and O–H groups in total. The van der Waals surface area contributed by atoms with Crippen LogP contribution in [-0.2, 0) is 16.6 Å². The maximum atomic E-state index is 12.6. The Kier molecular flexibility index (Phi) is 4.78. The SMILES string of the molecule is C[C@H](C(=O)N1CCOCC1)N1CCC(c2cnn(C)c2)CC1. The molecule has 1 atom stereocenters. The van der Waals surface area contributed by atoms with Crippen molar-refractivity contribution in [1.82, 2.24) is 19.6 Å². The lowest BCUT2D eigenvalue weighted by Crippen LogP contribution is -2.52. The molecule has 1 aromatic heterocycles. The van der Waals surface area contributed by atoms with Crippen molar-refractivity contribution in [2.75, 3.05) is 39.4 Å². The van der Waals surface area contributed by atoms with Crippen LogP contribution in [0, 0.1) is 0 Å². The molecule has 0 saturated carbocycles. The topological polar surface area (TPSA) is 50.6 Å². The number of hydrogen-bond donors (Lipinski definition) is 0. The molecule has 3 heterocycles. The van der Waals surface area contributed by atoms with Crippen LogP contribution >= 0.6 is 0 Å². The summed E-state index contributed by atoms with van der Waals surface area (Å²) in [5.41, 5.74) is 1.33. The number of nitrogens with zero attached hydrogens (tertiary/aromatic N) is 4. The molecular formula is C16H26N4O2.